The van der Waals surface area contributed by atoms with Gasteiger partial charge in [-0.2, -0.15) is 0 Å². The van der Waals surface area contributed by atoms with Crippen LogP contribution in [0.25, 0.3) is 0 Å². The van der Waals surface area contributed by atoms with Gasteiger partial charge in [-0.3, -0.25) is 9.42 Å². The van der Waals surface area contributed by atoms with Gasteiger partial charge in [0.2, 0.25) is 12.5 Å². The Labute approximate surface area is 104 Å². The zero-order valence-corrected chi connectivity index (χ0v) is 10.5. The molecule has 3 N–H and O–H groups in total. The Balaban J connectivity index is 2.05. The first-order valence-corrected chi connectivity index (χ1v) is 6.87. The van der Waals surface area contributed by atoms with E-state index < -0.39 is 7.82 Å². The highest BCUT2D eigenvalue weighted by molar-refractivity contribution is 7.47. The molecule has 0 saturated heterocycles. The van der Waals surface area contributed by atoms with Crippen LogP contribution in [-0.2, 0) is 9.09 Å². The molecule has 1 aliphatic heterocycles. The van der Waals surface area contributed by atoms with Gasteiger partial charge in [-0.25, -0.2) is 4.57 Å². The van der Waals surface area contributed by atoms with Crippen LogP contribution < -0.4 is 19.7 Å². The molecular formula is C10H14NO6P. The fourth-order valence-corrected chi connectivity index (χ4v) is 2.19. The lowest BCUT2D eigenvalue weighted by atomic mass is 10.3. The number of benzene rings is 1. The first kappa shape index (κ1) is 13.2. The minimum absolute atomic E-state index is 0.0522. The van der Waals surface area contributed by atoms with Gasteiger partial charge in [-0.1, -0.05) is 6.07 Å². The summed E-state index contributed by atoms with van der Waals surface area (Å²) in [5.41, 5.74) is 5.26. The van der Waals surface area contributed by atoms with Crippen molar-refractivity contribution in [3.8, 4) is 17.2 Å². The molecule has 0 radical (unpaired) electrons. The quantitative estimate of drug-likeness (QED) is 0.595. The highest BCUT2D eigenvalue weighted by atomic mass is 31.2. The fourth-order valence-electron chi connectivity index (χ4n) is 1.39. The molecule has 18 heavy (non-hydrogen) atoms. The molecule has 1 unspecified atom stereocenters. The maximum atomic E-state index is 11.6. The van der Waals surface area contributed by atoms with Crippen LogP contribution in [0.15, 0.2) is 18.2 Å². The van der Waals surface area contributed by atoms with Gasteiger partial charge in [0.1, 0.15) is 0 Å². The topological polar surface area (TPSA) is 100 Å². The lowest BCUT2D eigenvalue weighted by molar-refractivity contribution is 0.168. The number of hydrogen-bond donors (Lipinski definition) is 2. The predicted molar refractivity (Wildman–Crippen MR) is 62.6 cm³/mol. The van der Waals surface area contributed by atoms with E-state index in [9.17, 15) is 9.46 Å². The second kappa shape index (κ2) is 5.58. The Morgan fingerprint density at radius 3 is 3.06 bits per heavy atom. The second-order valence-corrected chi connectivity index (χ2v) is 4.90. The number of ether oxygens (including phenoxy) is 2. The van der Waals surface area contributed by atoms with Gasteiger partial charge in [0.15, 0.2) is 11.5 Å². The summed E-state index contributed by atoms with van der Waals surface area (Å²) in [5.74, 6) is 0.882. The first-order valence-electron chi connectivity index (χ1n) is 5.38. The molecule has 1 aliphatic rings. The van der Waals surface area contributed by atoms with E-state index in [4.69, 9.17) is 24.3 Å². The summed E-state index contributed by atoms with van der Waals surface area (Å²) in [6.45, 7) is 0.480. The van der Waals surface area contributed by atoms with Gasteiger partial charge in [-0.05, 0) is 25.1 Å². The van der Waals surface area contributed by atoms with Crippen LogP contribution in [0.2, 0.25) is 0 Å². The highest BCUT2D eigenvalue weighted by Crippen LogP contribution is 2.50. The van der Waals surface area contributed by atoms with Crippen LogP contribution in [0.3, 0.4) is 0 Å². The monoisotopic (exact) mass is 275 g/mol. The second-order valence-electron chi connectivity index (χ2n) is 3.53. The van der Waals surface area contributed by atoms with Crippen molar-refractivity contribution in [2.75, 3.05) is 19.9 Å². The molecule has 1 atom stereocenters. The highest BCUT2D eigenvalue weighted by Gasteiger charge is 2.27. The SMILES string of the molecule is NCCCOP(=O)(O)Oc1cccc2c1OCO2. The van der Waals surface area contributed by atoms with Gasteiger partial charge in [0.05, 0.1) is 6.61 Å². The van der Waals surface area contributed by atoms with Gasteiger partial charge >= 0.3 is 7.82 Å². The van der Waals surface area contributed by atoms with Crippen LogP contribution in [-0.4, -0.2) is 24.8 Å². The van der Waals surface area contributed by atoms with Crippen LogP contribution in [0, 0.1) is 0 Å². The minimum atomic E-state index is -4.17. The van der Waals surface area contributed by atoms with Crippen molar-refractivity contribution < 1.29 is 28.0 Å². The maximum absolute atomic E-state index is 11.6. The smallest absolute Gasteiger partial charge is 0.453 e. The Morgan fingerprint density at radius 1 is 1.44 bits per heavy atom. The lowest BCUT2D eigenvalue weighted by Gasteiger charge is -2.13. The van der Waals surface area contributed by atoms with Gasteiger partial charge in [0.25, 0.3) is 0 Å². The molecule has 0 saturated carbocycles. The predicted octanol–water partition coefficient (Wildman–Crippen LogP) is 1.26. The number of hydrogen-bond acceptors (Lipinski definition) is 6. The molecule has 0 bridgehead atoms. The summed E-state index contributed by atoms with van der Waals surface area (Å²) >= 11 is 0. The van der Waals surface area contributed by atoms with Crippen molar-refractivity contribution >= 4 is 7.82 Å². The van der Waals surface area contributed by atoms with Crippen LogP contribution in [0.1, 0.15) is 6.42 Å². The van der Waals surface area contributed by atoms with E-state index in [0.29, 0.717) is 24.5 Å². The zero-order valence-electron chi connectivity index (χ0n) is 9.57. The molecule has 0 aliphatic carbocycles. The van der Waals surface area contributed by atoms with E-state index in [0.717, 1.165) is 0 Å². The van der Waals surface area contributed by atoms with E-state index in [1.165, 1.54) is 6.07 Å². The van der Waals surface area contributed by atoms with Crippen molar-refractivity contribution in [3.63, 3.8) is 0 Å². The third-order valence-electron chi connectivity index (χ3n) is 2.18. The standard InChI is InChI=1S/C10H14NO6P/c11-5-2-6-16-18(12,13)17-9-4-1-3-8-10(9)15-7-14-8/h1,3-4H,2,5-7,11H2,(H,12,13). The molecule has 1 heterocycles. The Bertz CT molecular complexity index is 466. The molecule has 1 aromatic rings. The molecule has 100 valence electrons. The Morgan fingerprint density at radius 2 is 2.28 bits per heavy atom. The van der Waals surface area contributed by atoms with Gasteiger partial charge < -0.3 is 19.7 Å². The summed E-state index contributed by atoms with van der Waals surface area (Å²) in [5, 5.41) is 0. The molecule has 8 heteroatoms. The van der Waals surface area contributed by atoms with Gasteiger partial charge in [-0.15, -0.1) is 0 Å². The molecule has 1 aromatic carbocycles. The molecule has 0 aromatic heterocycles. The number of nitrogens with two attached hydrogens (primary N) is 1. The summed E-state index contributed by atoms with van der Waals surface area (Å²) in [4.78, 5) is 9.50. The molecular weight excluding hydrogens is 261 g/mol. The Hall–Kier alpha value is -1.27. The largest absolute Gasteiger partial charge is 0.527 e. The number of phosphoric ester groups is 1. The average Bonchev–Trinajstić information content (AvgIpc) is 2.78. The van der Waals surface area contributed by atoms with Crippen LogP contribution in [0.4, 0.5) is 0 Å². The molecule has 7 nitrogen and oxygen atoms in total. The zero-order chi connectivity index (χ0) is 13.0. The van der Waals surface area contributed by atoms with E-state index in [1.807, 2.05) is 0 Å². The van der Waals surface area contributed by atoms with Crippen LogP contribution in [0.5, 0.6) is 17.2 Å². The average molecular weight is 275 g/mol. The third kappa shape index (κ3) is 3.14. The van der Waals surface area contributed by atoms with Crippen molar-refractivity contribution in [2.45, 2.75) is 6.42 Å². The minimum Gasteiger partial charge on any atom is -0.453 e. The van der Waals surface area contributed by atoms with E-state index in [2.05, 4.69) is 0 Å². The number of para-hydroxylation sites is 1. The lowest BCUT2D eigenvalue weighted by Crippen LogP contribution is -2.05. The van der Waals surface area contributed by atoms with Crippen molar-refractivity contribution in [2.24, 2.45) is 5.73 Å². The summed E-state index contributed by atoms with van der Waals surface area (Å²) in [7, 11) is -4.17. The normalized spacial score (nSPS) is 16.3. The molecule has 0 amide bonds. The van der Waals surface area contributed by atoms with E-state index in [-0.39, 0.29) is 19.1 Å². The summed E-state index contributed by atoms with van der Waals surface area (Å²) < 4.78 is 31.6. The van der Waals surface area contributed by atoms with Crippen molar-refractivity contribution in [3.05, 3.63) is 18.2 Å². The Kier molecular flexibility index (Phi) is 4.08. The number of rotatable bonds is 6. The molecule has 2 rings (SSSR count). The molecule has 0 fully saturated rings. The summed E-state index contributed by atoms with van der Waals surface area (Å²) in [6, 6.07) is 4.80. The number of phosphoric acid groups is 1. The molecule has 0 spiro atoms. The first-order chi connectivity index (χ1) is 8.62. The van der Waals surface area contributed by atoms with Crippen molar-refractivity contribution in [1.29, 1.82) is 0 Å². The van der Waals surface area contributed by atoms with Crippen LogP contribution >= 0.6 is 7.82 Å². The third-order valence-corrected chi connectivity index (χ3v) is 3.11. The maximum Gasteiger partial charge on any atom is 0.527 e. The number of fused-ring (bicyclic) bond motifs is 1. The van der Waals surface area contributed by atoms with E-state index >= 15 is 0 Å². The van der Waals surface area contributed by atoms with Gasteiger partial charge in [0, 0.05) is 0 Å². The summed E-state index contributed by atoms with van der Waals surface area (Å²) in [6.07, 6.45) is 0.473. The fraction of sp³-hybridized carbons (Fsp3) is 0.400. The van der Waals surface area contributed by atoms with E-state index in [1.54, 1.807) is 12.1 Å². The van der Waals surface area contributed by atoms with Crippen molar-refractivity contribution in [1.82, 2.24) is 0 Å².